The number of carbonyl (C=O) groups is 1. The van der Waals surface area contributed by atoms with Gasteiger partial charge in [-0.15, -0.1) is 0 Å². The average Bonchev–Trinajstić information content (AvgIpc) is 2.82. The lowest BCUT2D eigenvalue weighted by atomic mass is 9.95. The smallest absolute Gasteiger partial charge is 0.185 e. The van der Waals surface area contributed by atoms with Crippen LogP contribution in [-0.4, -0.2) is 20.3 Å². The van der Waals surface area contributed by atoms with Gasteiger partial charge in [-0.1, -0.05) is 41.9 Å². The molecule has 3 aromatic carbocycles. The number of hydrogen-bond donors (Lipinski definition) is 0. The Morgan fingerprint density at radius 3 is 2.56 bits per heavy atom. The Hall–Kier alpha value is -2.96. The van der Waals surface area contributed by atoms with Crippen LogP contribution in [0.15, 0.2) is 65.6 Å². The molecule has 0 N–H and O–H groups in total. The molecule has 0 spiro atoms. The minimum atomic E-state index is -3.75. The summed E-state index contributed by atoms with van der Waals surface area (Å²) in [6.07, 6.45) is 2.39. The van der Waals surface area contributed by atoms with E-state index in [0.717, 1.165) is 5.56 Å². The zero-order valence-corrected chi connectivity index (χ0v) is 22.0. The number of sulfone groups is 1. The van der Waals surface area contributed by atoms with Gasteiger partial charge in [0, 0.05) is 24.0 Å². The van der Waals surface area contributed by atoms with Gasteiger partial charge in [0.05, 0.1) is 15.2 Å². The maximum atomic E-state index is 14.4. The zero-order valence-electron chi connectivity index (χ0n) is 20.4. The van der Waals surface area contributed by atoms with Crippen LogP contribution in [0.1, 0.15) is 60.6 Å². The average molecular weight is 527 g/mol. The third-order valence-corrected chi connectivity index (χ3v) is 8.82. The zero-order chi connectivity index (χ0) is 26.0. The Balaban J connectivity index is 1.78. The van der Waals surface area contributed by atoms with E-state index in [9.17, 15) is 17.6 Å². The number of ether oxygens (including phenoxy) is 1. The molecule has 0 bridgehead atoms. The molecule has 0 saturated heterocycles. The minimum Gasteiger partial charge on any atom is -0.490 e. The SMILES string of the molecule is CC(=O)CCC1CC(S(=O)(=O)c2cccc(C)c2)c2cc(/C=C(\C)c3c(F)cccc3Cl)ccc2O1. The summed E-state index contributed by atoms with van der Waals surface area (Å²) in [6.45, 7) is 5.13. The molecule has 1 aliphatic rings. The first-order chi connectivity index (χ1) is 17.1. The van der Waals surface area contributed by atoms with Crippen molar-refractivity contribution in [1.29, 1.82) is 0 Å². The largest absolute Gasteiger partial charge is 0.490 e. The first kappa shape index (κ1) is 26.1. The summed E-state index contributed by atoms with van der Waals surface area (Å²) in [6, 6.07) is 16.7. The van der Waals surface area contributed by atoms with E-state index < -0.39 is 27.0 Å². The van der Waals surface area contributed by atoms with Crippen LogP contribution >= 0.6 is 11.6 Å². The molecule has 3 aromatic rings. The lowest BCUT2D eigenvalue weighted by molar-refractivity contribution is -0.117. The number of halogens is 2. The highest BCUT2D eigenvalue weighted by Gasteiger charge is 2.38. The second kappa shape index (κ2) is 10.6. The van der Waals surface area contributed by atoms with Crippen LogP contribution in [0.3, 0.4) is 0 Å². The molecule has 0 fully saturated rings. The maximum absolute atomic E-state index is 14.4. The maximum Gasteiger partial charge on any atom is 0.185 e. The fourth-order valence-electron chi connectivity index (χ4n) is 4.60. The topological polar surface area (TPSA) is 60.4 Å². The molecule has 4 nitrogen and oxygen atoms in total. The van der Waals surface area contributed by atoms with Gasteiger partial charge in [0.1, 0.15) is 23.5 Å². The highest BCUT2D eigenvalue weighted by atomic mass is 35.5. The lowest BCUT2D eigenvalue weighted by Gasteiger charge is -2.32. The molecular weight excluding hydrogens is 499 g/mol. The van der Waals surface area contributed by atoms with Crippen LogP contribution in [0.25, 0.3) is 11.6 Å². The van der Waals surface area contributed by atoms with E-state index in [1.165, 1.54) is 13.0 Å². The van der Waals surface area contributed by atoms with E-state index in [4.69, 9.17) is 16.3 Å². The second-order valence-corrected chi connectivity index (χ2v) is 11.8. The standard InChI is InChI=1S/C29H28ClFO4S/c1-18-6-4-7-23(14-18)36(33,34)28-17-22(12-10-20(3)32)35-27-13-11-21(16-24(27)28)15-19(2)29-25(30)8-5-9-26(29)31/h4-9,11,13-16,22,28H,10,12,17H2,1-3H3/b19-15+. The van der Waals surface area contributed by atoms with Gasteiger partial charge < -0.3 is 9.53 Å². The molecule has 0 amide bonds. The van der Waals surface area contributed by atoms with Gasteiger partial charge in [-0.3, -0.25) is 0 Å². The Labute approximate surface area is 216 Å². The first-order valence-corrected chi connectivity index (χ1v) is 13.7. The fraction of sp³-hybridized carbons (Fsp3) is 0.276. The predicted octanol–water partition coefficient (Wildman–Crippen LogP) is 7.38. The minimum absolute atomic E-state index is 0.0326. The molecule has 4 rings (SSSR count). The monoisotopic (exact) mass is 526 g/mol. The number of carbonyl (C=O) groups excluding carboxylic acids is 1. The van der Waals surface area contributed by atoms with Crippen molar-refractivity contribution in [2.45, 2.75) is 56.3 Å². The number of allylic oxidation sites excluding steroid dienone is 1. The van der Waals surface area contributed by atoms with E-state index in [1.807, 2.05) is 13.0 Å². The molecule has 36 heavy (non-hydrogen) atoms. The van der Waals surface area contributed by atoms with Gasteiger partial charge in [0.25, 0.3) is 0 Å². The van der Waals surface area contributed by atoms with Crippen molar-refractivity contribution in [1.82, 2.24) is 0 Å². The Morgan fingerprint density at radius 2 is 1.86 bits per heavy atom. The highest BCUT2D eigenvalue weighted by Crippen LogP contribution is 2.44. The number of ketones is 1. The second-order valence-electron chi connectivity index (χ2n) is 9.29. The van der Waals surface area contributed by atoms with E-state index in [0.29, 0.717) is 45.9 Å². The quantitative estimate of drug-likeness (QED) is 0.301. The van der Waals surface area contributed by atoms with E-state index in [1.54, 1.807) is 61.5 Å². The summed E-state index contributed by atoms with van der Waals surface area (Å²) in [4.78, 5) is 11.8. The summed E-state index contributed by atoms with van der Waals surface area (Å²) < 4.78 is 48.2. The predicted molar refractivity (Wildman–Crippen MR) is 141 cm³/mol. The van der Waals surface area contributed by atoms with Gasteiger partial charge in [-0.25, -0.2) is 12.8 Å². The molecule has 7 heteroatoms. The summed E-state index contributed by atoms with van der Waals surface area (Å²) >= 11 is 6.23. The number of Topliss-reactive ketones (excluding diaryl/α,β-unsaturated/α-hetero) is 1. The van der Waals surface area contributed by atoms with Crippen LogP contribution < -0.4 is 4.74 Å². The molecule has 0 aliphatic carbocycles. The molecule has 1 heterocycles. The van der Waals surface area contributed by atoms with Gasteiger partial charge in [0.2, 0.25) is 0 Å². The number of hydrogen-bond acceptors (Lipinski definition) is 4. The van der Waals surface area contributed by atoms with Crippen molar-refractivity contribution in [2.24, 2.45) is 0 Å². The molecule has 2 atom stereocenters. The molecule has 0 saturated carbocycles. The Bertz CT molecular complexity index is 1430. The Kier molecular flexibility index (Phi) is 7.67. The van der Waals surface area contributed by atoms with Gasteiger partial charge >= 0.3 is 0 Å². The van der Waals surface area contributed by atoms with Crippen molar-refractivity contribution in [3.8, 4) is 5.75 Å². The van der Waals surface area contributed by atoms with Gasteiger partial charge in [-0.05, 0) is 80.3 Å². The van der Waals surface area contributed by atoms with Crippen molar-refractivity contribution in [2.75, 3.05) is 0 Å². The fourth-order valence-corrected chi connectivity index (χ4v) is 6.84. The summed E-state index contributed by atoms with van der Waals surface area (Å²) in [5.41, 5.74) is 3.04. The van der Waals surface area contributed by atoms with Crippen molar-refractivity contribution >= 4 is 38.9 Å². The molecule has 2 unspecified atom stereocenters. The summed E-state index contributed by atoms with van der Waals surface area (Å²) in [7, 11) is -3.75. The summed E-state index contributed by atoms with van der Waals surface area (Å²) in [5.74, 6) is 0.0887. The molecular formula is C29H28ClFO4S. The molecule has 0 radical (unpaired) electrons. The van der Waals surface area contributed by atoms with Crippen molar-refractivity contribution in [3.05, 3.63) is 93.8 Å². The van der Waals surface area contributed by atoms with Crippen LogP contribution in [-0.2, 0) is 14.6 Å². The van der Waals surface area contributed by atoms with E-state index in [2.05, 4.69) is 0 Å². The lowest BCUT2D eigenvalue weighted by Crippen LogP contribution is -2.30. The third-order valence-electron chi connectivity index (χ3n) is 6.40. The number of aryl methyl sites for hydroxylation is 1. The number of benzene rings is 3. The third kappa shape index (κ3) is 5.55. The van der Waals surface area contributed by atoms with Crippen LogP contribution in [0.2, 0.25) is 5.02 Å². The first-order valence-electron chi connectivity index (χ1n) is 11.8. The van der Waals surface area contributed by atoms with Crippen LogP contribution in [0, 0.1) is 12.7 Å². The van der Waals surface area contributed by atoms with Gasteiger partial charge in [0.15, 0.2) is 9.84 Å². The van der Waals surface area contributed by atoms with Gasteiger partial charge in [-0.2, -0.15) is 0 Å². The molecule has 1 aliphatic heterocycles. The van der Waals surface area contributed by atoms with E-state index in [-0.39, 0.29) is 17.1 Å². The number of rotatable bonds is 7. The number of fused-ring (bicyclic) bond motifs is 1. The Morgan fingerprint density at radius 1 is 1.11 bits per heavy atom. The normalized spacial score (nSPS) is 17.9. The molecule has 0 aromatic heterocycles. The van der Waals surface area contributed by atoms with Crippen molar-refractivity contribution < 1.29 is 22.3 Å². The van der Waals surface area contributed by atoms with E-state index >= 15 is 0 Å². The summed E-state index contributed by atoms with van der Waals surface area (Å²) in [5, 5.41) is -0.538. The highest BCUT2D eigenvalue weighted by molar-refractivity contribution is 7.91. The van der Waals surface area contributed by atoms with Crippen LogP contribution in [0.4, 0.5) is 4.39 Å². The van der Waals surface area contributed by atoms with Crippen LogP contribution in [0.5, 0.6) is 5.75 Å². The molecule has 188 valence electrons. The van der Waals surface area contributed by atoms with Crippen molar-refractivity contribution in [3.63, 3.8) is 0 Å².